The summed E-state index contributed by atoms with van der Waals surface area (Å²) in [7, 11) is 0. The topological polar surface area (TPSA) is 41.6 Å². The van der Waals surface area contributed by atoms with E-state index >= 15 is 0 Å². The molecule has 1 aliphatic carbocycles. The molecule has 1 aromatic carbocycles. The van der Waals surface area contributed by atoms with Crippen molar-refractivity contribution >= 4 is 17.3 Å². The van der Waals surface area contributed by atoms with Crippen LogP contribution in [0.4, 0.5) is 24.5 Å². The zero-order chi connectivity index (χ0) is 16.6. The summed E-state index contributed by atoms with van der Waals surface area (Å²) in [4.78, 5) is 14.1. The molecule has 1 aromatic rings. The minimum atomic E-state index is -4.43. The van der Waals surface area contributed by atoms with E-state index in [-0.39, 0.29) is 17.5 Å². The maximum Gasteiger partial charge on any atom is 0.416 e. The third kappa shape index (κ3) is 3.60. The van der Waals surface area contributed by atoms with Crippen LogP contribution >= 0.6 is 0 Å². The fourth-order valence-electron chi connectivity index (χ4n) is 2.81. The minimum Gasteiger partial charge on any atom is -0.378 e. The lowest BCUT2D eigenvalue weighted by Gasteiger charge is -2.31. The SMILES string of the molecule is C[C@@H]1C[C@@H]1C(=O)Nc1cc(C(F)(F)F)ccc1N1CCOCC1. The molecule has 0 spiro atoms. The van der Waals surface area contributed by atoms with E-state index in [4.69, 9.17) is 4.74 Å². The molecule has 1 heterocycles. The number of halogens is 3. The molecule has 0 aromatic heterocycles. The Kier molecular flexibility index (Phi) is 4.23. The molecule has 2 fully saturated rings. The van der Waals surface area contributed by atoms with Gasteiger partial charge in [-0.05, 0) is 30.5 Å². The Labute approximate surface area is 132 Å². The Bertz CT molecular complexity index is 597. The summed E-state index contributed by atoms with van der Waals surface area (Å²) < 4.78 is 44.2. The van der Waals surface area contributed by atoms with Gasteiger partial charge in [-0.1, -0.05) is 6.92 Å². The van der Waals surface area contributed by atoms with Crippen molar-refractivity contribution < 1.29 is 22.7 Å². The lowest BCUT2D eigenvalue weighted by Crippen LogP contribution is -2.37. The molecule has 2 atom stereocenters. The molecule has 1 saturated heterocycles. The molecule has 1 N–H and O–H groups in total. The number of morpholine rings is 1. The molecule has 0 radical (unpaired) electrons. The van der Waals surface area contributed by atoms with Crippen LogP contribution in [0.25, 0.3) is 0 Å². The predicted octanol–water partition coefficient (Wildman–Crippen LogP) is 3.14. The molecule has 23 heavy (non-hydrogen) atoms. The summed E-state index contributed by atoms with van der Waals surface area (Å²) in [6.45, 7) is 4.18. The third-order valence-corrected chi connectivity index (χ3v) is 4.38. The number of ether oxygens (including phenoxy) is 1. The molecule has 126 valence electrons. The average Bonchev–Trinajstić information content (AvgIpc) is 3.24. The number of carbonyl (C=O) groups is 1. The van der Waals surface area contributed by atoms with Gasteiger partial charge in [-0.3, -0.25) is 4.79 Å². The molecule has 0 bridgehead atoms. The van der Waals surface area contributed by atoms with E-state index in [1.807, 2.05) is 11.8 Å². The van der Waals surface area contributed by atoms with Gasteiger partial charge in [0.1, 0.15) is 0 Å². The Hall–Kier alpha value is -1.76. The first-order chi connectivity index (χ1) is 10.9. The molecule has 4 nitrogen and oxygen atoms in total. The summed E-state index contributed by atoms with van der Waals surface area (Å²) in [6, 6.07) is 3.51. The van der Waals surface area contributed by atoms with Crippen LogP contribution in [0.3, 0.4) is 0 Å². The molecule has 2 aliphatic rings. The van der Waals surface area contributed by atoms with Gasteiger partial charge in [-0.25, -0.2) is 0 Å². The monoisotopic (exact) mass is 328 g/mol. The zero-order valence-electron chi connectivity index (χ0n) is 12.8. The first-order valence-electron chi connectivity index (χ1n) is 7.71. The van der Waals surface area contributed by atoms with Crippen LogP contribution < -0.4 is 10.2 Å². The molecule has 0 unspecified atom stereocenters. The Morgan fingerprint density at radius 2 is 1.96 bits per heavy atom. The maximum atomic E-state index is 13.0. The van der Waals surface area contributed by atoms with Crippen molar-refractivity contribution in [1.29, 1.82) is 0 Å². The second-order valence-corrected chi connectivity index (χ2v) is 6.14. The summed E-state index contributed by atoms with van der Waals surface area (Å²) in [5.41, 5.74) is 0.0856. The van der Waals surface area contributed by atoms with E-state index in [0.717, 1.165) is 18.6 Å². The first kappa shape index (κ1) is 16.1. The van der Waals surface area contributed by atoms with Gasteiger partial charge in [0.25, 0.3) is 0 Å². The number of amides is 1. The first-order valence-corrected chi connectivity index (χ1v) is 7.71. The van der Waals surface area contributed by atoms with E-state index in [2.05, 4.69) is 5.32 Å². The lowest BCUT2D eigenvalue weighted by molar-refractivity contribution is -0.137. The minimum absolute atomic E-state index is 0.0953. The summed E-state index contributed by atoms with van der Waals surface area (Å²) >= 11 is 0. The Morgan fingerprint density at radius 3 is 2.52 bits per heavy atom. The van der Waals surface area contributed by atoms with Crippen molar-refractivity contribution in [2.75, 3.05) is 36.5 Å². The smallest absolute Gasteiger partial charge is 0.378 e. The Balaban J connectivity index is 1.89. The number of benzene rings is 1. The molecule has 3 rings (SSSR count). The van der Waals surface area contributed by atoms with Gasteiger partial charge < -0.3 is 15.0 Å². The number of hydrogen-bond donors (Lipinski definition) is 1. The van der Waals surface area contributed by atoms with Gasteiger partial charge in [0.2, 0.25) is 5.91 Å². The van der Waals surface area contributed by atoms with Crippen LogP contribution in [0.1, 0.15) is 18.9 Å². The highest BCUT2D eigenvalue weighted by Crippen LogP contribution is 2.40. The second-order valence-electron chi connectivity index (χ2n) is 6.14. The third-order valence-electron chi connectivity index (χ3n) is 4.38. The summed E-state index contributed by atoms with van der Waals surface area (Å²) in [5.74, 6) is 0.000974. The van der Waals surface area contributed by atoms with Gasteiger partial charge >= 0.3 is 6.18 Å². The van der Waals surface area contributed by atoms with Crippen molar-refractivity contribution in [3.05, 3.63) is 23.8 Å². The van der Waals surface area contributed by atoms with Crippen molar-refractivity contribution in [3.8, 4) is 0 Å². The number of hydrogen-bond acceptors (Lipinski definition) is 3. The van der Waals surface area contributed by atoms with E-state index in [1.54, 1.807) is 0 Å². The number of nitrogens with zero attached hydrogens (tertiary/aromatic N) is 1. The fourth-order valence-corrected chi connectivity index (χ4v) is 2.81. The summed E-state index contributed by atoms with van der Waals surface area (Å²) in [6.07, 6.45) is -3.65. The fraction of sp³-hybridized carbons (Fsp3) is 0.562. The van der Waals surface area contributed by atoms with Crippen molar-refractivity contribution in [2.45, 2.75) is 19.5 Å². The molecule has 7 heteroatoms. The maximum absolute atomic E-state index is 13.0. The van der Waals surface area contributed by atoms with Gasteiger partial charge in [0, 0.05) is 19.0 Å². The number of nitrogens with one attached hydrogen (secondary N) is 1. The number of alkyl halides is 3. The van der Waals surface area contributed by atoms with Crippen LogP contribution in [0.2, 0.25) is 0 Å². The van der Waals surface area contributed by atoms with Crippen LogP contribution in [0.5, 0.6) is 0 Å². The second kappa shape index (κ2) is 6.03. The van der Waals surface area contributed by atoms with E-state index < -0.39 is 11.7 Å². The van der Waals surface area contributed by atoms with Gasteiger partial charge in [-0.2, -0.15) is 13.2 Å². The Morgan fingerprint density at radius 1 is 1.30 bits per heavy atom. The lowest BCUT2D eigenvalue weighted by atomic mass is 10.1. The molecule has 1 aliphatic heterocycles. The van der Waals surface area contributed by atoms with Crippen molar-refractivity contribution in [1.82, 2.24) is 0 Å². The molecule has 1 amide bonds. The number of anilines is 2. The summed E-state index contributed by atoms with van der Waals surface area (Å²) in [5, 5.41) is 2.69. The van der Waals surface area contributed by atoms with E-state index in [0.29, 0.717) is 37.9 Å². The normalized spacial score (nSPS) is 24.4. The highest BCUT2D eigenvalue weighted by molar-refractivity contribution is 5.97. The number of carbonyl (C=O) groups excluding carboxylic acids is 1. The van der Waals surface area contributed by atoms with Gasteiger partial charge in [0.15, 0.2) is 0 Å². The van der Waals surface area contributed by atoms with Crippen LogP contribution in [-0.2, 0) is 15.7 Å². The average molecular weight is 328 g/mol. The van der Waals surface area contributed by atoms with Crippen molar-refractivity contribution in [3.63, 3.8) is 0 Å². The highest BCUT2D eigenvalue weighted by Gasteiger charge is 2.39. The molecule has 1 saturated carbocycles. The van der Waals surface area contributed by atoms with E-state index in [9.17, 15) is 18.0 Å². The van der Waals surface area contributed by atoms with Crippen molar-refractivity contribution in [2.24, 2.45) is 11.8 Å². The van der Waals surface area contributed by atoms with E-state index in [1.165, 1.54) is 6.07 Å². The predicted molar refractivity (Wildman–Crippen MR) is 80.4 cm³/mol. The quantitative estimate of drug-likeness (QED) is 0.927. The standard InChI is InChI=1S/C16H19F3N2O2/c1-10-8-12(10)15(22)20-13-9-11(16(17,18)19)2-3-14(13)21-4-6-23-7-5-21/h2-3,9-10,12H,4-8H2,1H3,(H,20,22)/t10-,12+/m1/s1. The van der Waals surface area contributed by atoms with Crippen LogP contribution in [0, 0.1) is 11.8 Å². The van der Waals surface area contributed by atoms with Gasteiger partial charge in [0.05, 0.1) is 30.2 Å². The van der Waals surface area contributed by atoms with Crippen LogP contribution in [-0.4, -0.2) is 32.2 Å². The molecular formula is C16H19F3N2O2. The highest BCUT2D eigenvalue weighted by atomic mass is 19.4. The number of rotatable bonds is 3. The largest absolute Gasteiger partial charge is 0.416 e. The molecular weight excluding hydrogens is 309 g/mol. The zero-order valence-corrected chi connectivity index (χ0v) is 12.8. The van der Waals surface area contributed by atoms with Crippen LogP contribution in [0.15, 0.2) is 18.2 Å². The van der Waals surface area contributed by atoms with Gasteiger partial charge in [-0.15, -0.1) is 0 Å².